The monoisotopic (exact) mass is 263 g/mol. The Bertz CT molecular complexity index is 415. The van der Waals surface area contributed by atoms with Gasteiger partial charge in [0.25, 0.3) is 0 Å². The highest BCUT2D eigenvalue weighted by Gasteiger charge is 2.18. The predicted octanol–water partition coefficient (Wildman–Crippen LogP) is 3.71. The van der Waals surface area contributed by atoms with Gasteiger partial charge in [-0.15, -0.1) is 0 Å². The van der Waals surface area contributed by atoms with Crippen molar-refractivity contribution in [3.05, 3.63) is 29.8 Å². The van der Waals surface area contributed by atoms with E-state index in [-0.39, 0.29) is 6.42 Å². The van der Waals surface area contributed by atoms with E-state index >= 15 is 0 Å². The second-order valence-corrected chi connectivity index (χ2v) is 5.60. The zero-order valence-electron chi connectivity index (χ0n) is 12.4. The molecule has 0 bridgehead atoms. The molecule has 1 rings (SSSR count). The SMILES string of the molecule is Cc1ccccc1N(CCC(=O)O)C(C)CC(C)C. The molecule has 1 aromatic rings. The number of carboxylic acid groups (broad SMARTS) is 1. The van der Waals surface area contributed by atoms with Gasteiger partial charge in [0.15, 0.2) is 0 Å². The topological polar surface area (TPSA) is 40.5 Å². The zero-order valence-corrected chi connectivity index (χ0v) is 12.4. The summed E-state index contributed by atoms with van der Waals surface area (Å²) in [7, 11) is 0. The summed E-state index contributed by atoms with van der Waals surface area (Å²) in [5.74, 6) is -0.137. The molecule has 0 fully saturated rings. The first-order valence-electron chi connectivity index (χ1n) is 6.96. The highest BCUT2D eigenvalue weighted by Crippen LogP contribution is 2.24. The number of hydrogen-bond donors (Lipinski definition) is 1. The molecule has 0 spiro atoms. The largest absolute Gasteiger partial charge is 0.481 e. The van der Waals surface area contributed by atoms with Gasteiger partial charge < -0.3 is 10.0 Å². The Balaban J connectivity index is 2.91. The van der Waals surface area contributed by atoms with Gasteiger partial charge in [0.2, 0.25) is 0 Å². The molecule has 0 heterocycles. The summed E-state index contributed by atoms with van der Waals surface area (Å²) in [6.07, 6.45) is 1.24. The number of benzene rings is 1. The highest BCUT2D eigenvalue weighted by atomic mass is 16.4. The fourth-order valence-electron chi connectivity index (χ4n) is 2.49. The molecule has 0 saturated carbocycles. The Hall–Kier alpha value is -1.51. The van der Waals surface area contributed by atoms with Crippen molar-refractivity contribution in [1.82, 2.24) is 0 Å². The third-order valence-electron chi connectivity index (χ3n) is 3.34. The molecule has 1 aromatic carbocycles. The molecule has 0 aliphatic heterocycles. The summed E-state index contributed by atoms with van der Waals surface area (Å²) in [4.78, 5) is 13.1. The Labute approximate surface area is 116 Å². The molecule has 0 aromatic heterocycles. The van der Waals surface area contributed by atoms with Gasteiger partial charge in [-0.1, -0.05) is 32.0 Å². The standard InChI is InChI=1S/C16H25NO2/c1-12(2)11-14(4)17(10-9-16(18)19)15-8-6-5-7-13(15)3/h5-8,12,14H,9-11H2,1-4H3,(H,18,19). The average molecular weight is 263 g/mol. The van der Waals surface area contributed by atoms with E-state index in [4.69, 9.17) is 5.11 Å². The van der Waals surface area contributed by atoms with Crippen LogP contribution in [-0.4, -0.2) is 23.7 Å². The first-order chi connectivity index (χ1) is 8.91. The van der Waals surface area contributed by atoms with Crippen LogP contribution in [0.3, 0.4) is 0 Å². The lowest BCUT2D eigenvalue weighted by Crippen LogP contribution is -2.36. The van der Waals surface area contributed by atoms with Gasteiger partial charge in [-0.25, -0.2) is 0 Å². The van der Waals surface area contributed by atoms with Crippen LogP contribution in [0, 0.1) is 12.8 Å². The van der Waals surface area contributed by atoms with Crippen LogP contribution in [0.1, 0.15) is 39.2 Å². The predicted molar refractivity (Wildman–Crippen MR) is 79.7 cm³/mol. The first kappa shape index (κ1) is 15.5. The number of carboxylic acids is 1. The number of aryl methyl sites for hydroxylation is 1. The van der Waals surface area contributed by atoms with Crippen molar-refractivity contribution in [3.63, 3.8) is 0 Å². The van der Waals surface area contributed by atoms with Crippen LogP contribution in [-0.2, 0) is 4.79 Å². The average Bonchev–Trinajstić information content (AvgIpc) is 2.30. The number of anilines is 1. The molecular formula is C16H25NO2. The van der Waals surface area contributed by atoms with Crippen LogP contribution in [0.2, 0.25) is 0 Å². The molecule has 106 valence electrons. The van der Waals surface area contributed by atoms with E-state index in [0.717, 1.165) is 12.1 Å². The summed E-state index contributed by atoms with van der Waals surface area (Å²) in [5.41, 5.74) is 2.35. The number of para-hydroxylation sites is 1. The maximum Gasteiger partial charge on any atom is 0.305 e. The second-order valence-electron chi connectivity index (χ2n) is 5.60. The van der Waals surface area contributed by atoms with E-state index < -0.39 is 5.97 Å². The van der Waals surface area contributed by atoms with E-state index in [0.29, 0.717) is 18.5 Å². The van der Waals surface area contributed by atoms with Crippen molar-refractivity contribution < 1.29 is 9.90 Å². The lowest BCUT2D eigenvalue weighted by molar-refractivity contribution is -0.136. The number of nitrogens with zero attached hydrogens (tertiary/aromatic N) is 1. The molecule has 0 saturated heterocycles. The molecular weight excluding hydrogens is 238 g/mol. The van der Waals surface area contributed by atoms with Gasteiger partial charge in [0, 0.05) is 18.3 Å². The molecule has 0 aliphatic carbocycles. The molecule has 1 atom stereocenters. The summed E-state index contributed by atoms with van der Waals surface area (Å²) in [5, 5.41) is 8.92. The normalized spacial score (nSPS) is 12.5. The number of hydrogen-bond acceptors (Lipinski definition) is 2. The third kappa shape index (κ3) is 4.93. The molecule has 3 heteroatoms. The minimum absolute atomic E-state index is 0.177. The Morgan fingerprint density at radius 1 is 1.26 bits per heavy atom. The summed E-state index contributed by atoms with van der Waals surface area (Å²) >= 11 is 0. The molecule has 19 heavy (non-hydrogen) atoms. The van der Waals surface area contributed by atoms with E-state index in [2.05, 4.69) is 44.7 Å². The lowest BCUT2D eigenvalue weighted by Gasteiger charge is -2.33. The fourth-order valence-corrected chi connectivity index (χ4v) is 2.49. The van der Waals surface area contributed by atoms with Crippen LogP contribution >= 0.6 is 0 Å². The Morgan fingerprint density at radius 3 is 2.42 bits per heavy atom. The second kappa shape index (κ2) is 7.17. The summed E-state index contributed by atoms with van der Waals surface area (Å²) in [6, 6.07) is 8.53. The Morgan fingerprint density at radius 2 is 1.89 bits per heavy atom. The fraction of sp³-hybridized carbons (Fsp3) is 0.562. The molecule has 0 aliphatic rings. The smallest absolute Gasteiger partial charge is 0.305 e. The number of carbonyl (C=O) groups is 1. The van der Waals surface area contributed by atoms with Crippen LogP contribution in [0.15, 0.2) is 24.3 Å². The number of rotatable bonds is 7. The van der Waals surface area contributed by atoms with E-state index in [1.807, 2.05) is 12.1 Å². The zero-order chi connectivity index (χ0) is 14.4. The first-order valence-corrected chi connectivity index (χ1v) is 6.96. The Kier molecular flexibility index (Phi) is 5.87. The van der Waals surface area contributed by atoms with Crippen molar-refractivity contribution in [2.45, 2.75) is 46.6 Å². The van der Waals surface area contributed by atoms with Crippen molar-refractivity contribution in [2.75, 3.05) is 11.4 Å². The summed E-state index contributed by atoms with van der Waals surface area (Å²) in [6.45, 7) is 9.21. The molecule has 0 amide bonds. The van der Waals surface area contributed by atoms with Crippen LogP contribution in [0.25, 0.3) is 0 Å². The van der Waals surface area contributed by atoms with Gasteiger partial charge in [0.05, 0.1) is 6.42 Å². The van der Waals surface area contributed by atoms with Crippen LogP contribution in [0.4, 0.5) is 5.69 Å². The van der Waals surface area contributed by atoms with Gasteiger partial charge in [-0.2, -0.15) is 0 Å². The van der Waals surface area contributed by atoms with Crippen molar-refractivity contribution in [3.8, 4) is 0 Å². The van der Waals surface area contributed by atoms with Crippen molar-refractivity contribution >= 4 is 11.7 Å². The minimum atomic E-state index is -0.740. The van der Waals surface area contributed by atoms with Gasteiger partial charge in [-0.3, -0.25) is 4.79 Å². The molecule has 0 radical (unpaired) electrons. The van der Waals surface area contributed by atoms with Gasteiger partial charge in [0.1, 0.15) is 0 Å². The summed E-state index contributed by atoms with van der Waals surface area (Å²) < 4.78 is 0. The maximum atomic E-state index is 10.8. The molecule has 1 unspecified atom stereocenters. The van der Waals surface area contributed by atoms with Crippen LogP contribution in [0.5, 0.6) is 0 Å². The van der Waals surface area contributed by atoms with Crippen molar-refractivity contribution in [2.24, 2.45) is 5.92 Å². The lowest BCUT2D eigenvalue weighted by atomic mass is 10.0. The van der Waals surface area contributed by atoms with E-state index in [9.17, 15) is 4.79 Å². The van der Waals surface area contributed by atoms with E-state index in [1.165, 1.54) is 5.56 Å². The molecule has 3 nitrogen and oxygen atoms in total. The third-order valence-corrected chi connectivity index (χ3v) is 3.34. The quantitative estimate of drug-likeness (QED) is 0.815. The maximum absolute atomic E-state index is 10.8. The van der Waals surface area contributed by atoms with Gasteiger partial charge >= 0.3 is 5.97 Å². The minimum Gasteiger partial charge on any atom is -0.481 e. The van der Waals surface area contributed by atoms with E-state index in [1.54, 1.807) is 0 Å². The molecule has 1 N–H and O–H groups in total. The number of aliphatic carboxylic acids is 1. The van der Waals surface area contributed by atoms with Crippen molar-refractivity contribution in [1.29, 1.82) is 0 Å². The van der Waals surface area contributed by atoms with Gasteiger partial charge in [-0.05, 0) is 37.8 Å². The highest BCUT2D eigenvalue weighted by molar-refractivity contribution is 5.68. The van der Waals surface area contributed by atoms with Crippen LogP contribution < -0.4 is 4.90 Å².